The molecular weight excluding hydrogens is 272 g/mol. The highest BCUT2D eigenvalue weighted by atomic mass is 16.5. The molecule has 0 aliphatic carbocycles. The van der Waals surface area contributed by atoms with Crippen molar-refractivity contribution in [2.45, 2.75) is 6.42 Å². The number of rotatable bonds is 4. The van der Waals surface area contributed by atoms with E-state index in [-0.39, 0.29) is 24.8 Å². The van der Waals surface area contributed by atoms with E-state index >= 15 is 0 Å². The van der Waals surface area contributed by atoms with Crippen molar-refractivity contribution in [3.63, 3.8) is 0 Å². The summed E-state index contributed by atoms with van der Waals surface area (Å²) in [6.07, 6.45) is 3.31. The molecule has 108 valence electrons. The molecule has 7 nitrogen and oxygen atoms in total. The molecule has 0 saturated carbocycles. The second-order valence-corrected chi connectivity index (χ2v) is 4.59. The molecule has 0 spiro atoms. The molecular formula is C14H14N4O3. The zero-order valence-electron chi connectivity index (χ0n) is 11.2. The summed E-state index contributed by atoms with van der Waals surface area (Å²) in [4.78, 5) is 25.4. The molecule has 2 aromatic rings. The van der Waals surface area contributed by atoms with Crippen LogP contribution >= 0.6 is 0 Å². The largest absolute Gasteiger partial charge is 0.482 e. The minimum Gasteiger partial charge on any atom is -0.482 e. The predicted molar refractivity (Wildman–Crippen MR) is 76.1 cm³/mol. The smallest absolute Gasteiger partial charge is 0.265 e. The Balaban J connectivity index is 1.64. The summed E-state index contributed by atoms with van der Waals surface area (Å²) >= 11 is 0. The van der Waals surface area contributed by atoms with Crippen molar-refractivity contribution in [1.82, 2.24) is 10.2 Å². The van der Waals surface area contributed by atoms with Crippen LogP contribution in [0.2, 0.25) is 0 Å². The van der Waals surface area contributed by atoms with Gasteiger partial charge in [0.25, 0.3) is 5.91 Å². The van der Waals surface area contributed by atoms with Gasteiger partial charge in [-0.25, -0.2) is 0 Å². The van der Waals surface area contributed by atoms with Crippen LogP contribution in [0, 0.1) is 0 Å². The number of aromatic nitrogens is 2. The number of nitrogens with zero attached hydrogens (tertiary/aromatic N) is 2. The number of nitrogens with one attached hydrogen (secondary N) is 2. The SMILES string of the molecule is O=C(CCN1C(=O)COc2ccccc21)Nc1cn[nH]c1. The Morgan fingerprint density at radius 3 is 3.10 bits per heavy atom. The lowest BCUT2D eigenvalue weighted by atomic mass is 10.2. The number of hydrogen-bond acceptors (Lipinski definition) is 4. The number of H-pyrrole nitrogens is 1. The zero-order valence-corrected chi connectivity index (χ0v) is 11.2. The highest BCUT2D eigenvalue weighted by Gasteiger charge is 2.25. The first-order valence-electron chi connectivity index (χ1n) is 6.55. The lowest BCUT2D eigenvalue weighted by Crippen LogP contribution is -2.40. The second-order valence-electron chi connectivity index (χ2n) is 4.59. The first kappa shape index (κ1) is 13.2. The minimum atomic E-state index is -0.173. The van der Waals surface area contributed by atoms with Crippen LogP contribution in [0.1, 0.15) is 6.42 Å². The van der Waals surface area contributed by atoms with Gasteiger partial charge in [0.1, 0.15) is 5.75 Å². The van der Waals surface area contributed by atoms with E-state index in [1.165, 1.54) is 6.20 Å². The Bertz CT molecular complexity index is 654. The Morgan fingerprint density at radius 2 is 2.29 bits per heavy atom. The predicted octanol–water partition coefficient (Wildman–Crippen LogP) is 1.16. The molecule has 21 heavy (non-hydrogen) atoms. The number of hydrogen-bond donors (Lipinski definition) is 2. The van der Waals surface area contributed by atoms with E-state index in [0.29, 0.717) is 23.7 Å². The number of fused-ring (bicyclic) bond motifs is 1. The Kier molecular flexibility index (Phi) is 3.55. The van der Waals surface area contributed by atoms with E-state index in [4.69, 9.17) is 4.74 Å². The summed E-state index contributed by atoms with van der Waals surface area (Å²) in [6, 6.07) is 7.29. The fraction of sp³-hybridized carbons (Fsp3) is 0.214. The van der Waals surface area contributed by atoms with Crippen molar-refractivity contribution >= 4 is 23.2 Å². The molecule has 0 radical (unpaired) electrons. The molecule has 0 bridgehead atoms. The monoisotopic (exact) mass is 286 g/mol. The van der Waals surface area contributed by atoms with Gasteiger partial charge in [-0.1, -0.05) is 12.1 Å². The van der Waals surface area contributed by atoms with Crippen LogP contribution in [0.3, 0.4) is 0 Å². The van der Waals surface area contributed by atoms with Gasteiger partial charge in [0.2, 0.25) is 5.91 Å². The van der Waals surface area contributed by atoms with Crippen molar-refractivity contribution in [2.75, 3.05) is 23.4 Å². The van der Waals surface area contributed by atoms with Crippen molar-refractivity contribution in [3.8, 4) is 5.75 Å². The second kappa shape index (κ2) is 5.66. The fourth-order valence-electron chi connectivity index (χ4n) is 2.16. The minimum absolute atomic E-state index is 0.000360. The van der Waals surface area contributed by atoms with Crippen LogP contribution in [0.5, 0.6) is 5.75 Å². The molecule has 2 amide bonds. The molecule has 1 aliphatic heterocycles. The number of aromatic amines is 1. The van der Waals surface area contributed by atoms with Gasteiger partial charge in [-0.05, 0) is 12.1 Å². The molecule has 0 atom stereocenters. The summed E-state index contributed by atoms with van der Waals surface area (Å²) in [6.45, 7) is 0.309. The van der Waals surface area contributed by atoms with Gasteiger partial charge < -0.3 is 15.0 Å². The molecule has 3 rings (SSSR count). The molecule has 2 heterocycles. The Labute approximate surface area is 120 Å². The summed E-state index contributed by atoms with van der Waals surface area (Å²) in [7, 11) is 0. The highest BCUT2D eigenvalue weighted by Crippen LogP contribution is 2.31. The summed E-state index contributed by atoms with van der Waals surface area (Å²) in [5, 5.41) is 9.06. The molecule has 0 unspecified atom stereocenters. The van der Waals surface area contributed by atoms with Gasteiger partial charge in [0.05, 0.1) is 17.6 Å². The quantitative estimate of drug-likeness (QED) is 0.883. The molecule has 1 aliphatic rings. The maximum Gasteiger partial charge on any atom is 0.265 e. The molecule has 7 heteroatoms. The van der Waals surface area contributed by atoms with Gasteiger partial charge in [-0.2, -0.15) is 5.10 Å². The third-order valence-electron chi connectivity index (χ3n) is 3.15. The van der Waals surface area contributed by atoms with Crippen molar-refractivity contribution in [3.05, 3.63) is 36.7 Å². The number of benzene rings is 1. The van der Waals surface area contributed by atoms with Crippen LogP contribution in [0.4, 0.5) is 11.4 Å². The number of para-hydroxylation sites is 2. The summed E-state index contributed by atoms with van der Waals surface area (Å²) in [5.41, 5.74) is 1.30. The summed E-state index contributed by atoms with van der Waals surface area (Å²) in [5.74, 6) is 0.338. The van der Waals surface area contributed by atoms with E-state index < -0.39 is 0 Å². The van der Waals surface area contributed by atoms with Gasteiger partial charge in [0.15, 0.2) is 6.61 Å². The third kappa shape index (κ3) is 2.86. The van der Waals surface area contributed by atoms with E-state index in [9.17, 15) is 9.59 Å². The maximum atomic E-state index is 11.9. The third-order valence-corrected chi connectivity index (χ3v) is 3.15. The standard InChI is InChI=1S/C14H14N4O3/c19-13(17-10-7-15-16-8-10)5-6-18-11-3-1-2-4-12(11)21-9-14(18)20/h1-4,7-8H,5-6,9H2,(H,15,16)(H,17,19). The van der Waals surface area contributed by atoms with E-state index in [1.807, 2.05) is 12.1 Å². The van der Waals surface area contributed by atoms with Gasteiger partial charge in [-0.3, -0.25) is 14.7 Å². The van der Waals surface area contributed by atoms with Crippen LogP contribution in [0.15, 0.2) is 36.7 Å². The van der Waals surface area contributed by atoms with E-state index in [0.717, 1.165) is 0 Å². The van der Waals surface area contributed by atoms with Crippen LogP contribution in [0.25, 0.3) is 0 Å². The Morgan fingerprint density at radius 1 is 1.43 bits per heavy atom. The van der Waals surface area contributed by atoms with Crippen LogP contribution < -0.4 is 15.0 Å². The molecule has 1 aromatic carbocycles. The average Bonchev–Trinajstić information content (AvgIpc) is 2.99. The number of ether oxygens (including phenoxy) is 1. The molecule has 0 saturated heterocycles. The van der Waals surface area contributed by atoms with E-state index in [1.54, 1.807) is 23.2 Å². The summed E-state index contributed by atoms with van der Waals surface area (Å²) < 4.78 is 5.35. The topological polar surface area (TPSA) is 87.3 Å². The molecule has 2 N–H and O–H groups in total. The van der Waals surface area contributed by atoms with Crippen LogP contribution in [-0.4, -0.2) is 35.2 Å². The van der Waals surface area contributed by atoms with Crippen LogP contribution in [-0.2, 0) is 9.59 Å². The average molecular weight is 286 g/mol. The fourth-order valence-corrected chi connectivity index (χ4v) is 2.16. The molecule has 1 aromatic heterocycles. The highest BCUT2D eigenvalue weighted by molar-refractivity contribution is 5.99. The zero-order chi connectivity index (χ0) is 14.7. The number of carbonyl (C=O) groups excluding carboxylic acids is 2. The normalized spacial score (nSPS) is 13.5. The van der Waals surface area contributed by atoms with Crippen molar-refractivity contribution in [1.29, 1.82) is 0 Å². The molecule has 0 fully saturated rings. The van der Waals surface area contributed by atoms with E-state index in [2.05, 4.69) is 15.5 Å². The Hall–Kier alpha value is -2.83. The van der Waals surface area contributed by atoms with Gasteiger partial charge >= 0.3 is 0 Å². The van der Waals surface area contributed by atoms with Gasteiger partial charge in [-0.15, -0.1) is 0 Å². The number of amides is 2. The first-order valence-corrected chi connectivity index (χ1v) is 6.55. The van der Waals surface area contributed by atoms with Crippen molar-refractivity contribution < 1.29 is 14.3 Å². The lowest BCUT2D eigenvalue weighted by molar-refractivity contribution is -0.121. The maximum absolute atomic E-state index is 11.9. The van der Waals surface area contributed by atoms with Gasteiger partial charge in [0, 0.05) is 19.2 Å². The lowest BCUT2D eigenvalue weighted by Gasteiger charge is -2.29. The number of anilines is 2. The van der Waals surface area contributed by atoms with Crippen molar-refractivity contribution in [2.24, 2.45) is 0 Å². The number of carbonyl (C=O) groups is 2. The first-order chi connectivity index (χ1) is 10.2.